The van der Waals surface area contributed by atoms with Crippen LogP contribution in [0.2, 0.25) is 0 Å². The Balaban J connectivity index is 2.53. The lowest BCUT2D eigenvalue weighted by atomic mass is 10.1. The number of carbonyl (C=O) groups is 1. The summed E-state index contributed by atoms with van der Waals surface area (Å²) in [7, 11) is 1.23. The number of aliphatic hydroxyl groups is 1. The molecule has 1 heterocycles. The molecule has 2 N–H and O–H groups in total. The van der Waals surface area contributed by atoms with E-state index in [0.717, 1.165) is 0 Å². The quantitative estimate of drug-likeness (QED) is 0.565. The van der Waals surface area contributed by atoms with Crippen LogP contribution in [0.5, 0.6) is 0 Å². The van der Waals surface area contributed by atoms with E-state index in [1.165, 1.54) is 25.8 Å². The molecule has 0 aromatic carbocycles. The third kappa shape index (κ3) is 3.21. The number of aromatic nitrogens is 3. The van der Waals surface area contributed by atoms with Crippen molar-refractivity contribution in [1.29, 1.82) is 0 Å². The molecule has 0 saturated heterocycles. The molecule has 0 amide bonds. The number of carbonyl (C=O) groups excluding carboxylic acids is 1. The Kier molecular flexibility index (Phi) is 3.70. The van der Waals surface area contributed by atoms with Crippen LogP contribution in [0.3, 0.4) is 0 Å². The molecule has 1 atom stereocenters. The maximum absolute atomic E-state index is 11.1. The van der Waals surface area contributed by atoms with Crippen molar-refractivity contribution in [1.82, 2.24) is 15.2 Å². The molecule has 1 unspecified atom stereocenters. The molecule has 1 aromatic heterocycles. The van der Waals surface area contributed by atoms with Crippen molar-refractivity contribution in [3.8, 4) is 0 Å². The van der Waals surface area contributed by atoms with Crippen molar-refractivity contribution >= 4 is 17.7 Å². The average Bonchev–Trinajstić information content (AvgIpc) is 2.60. The third-order valence-electron chi connectivity index (χ3n) is 1.68. The van der Waals surface area contributed by atoms with Gasteiger partial charge in [-0.25, -0.2) is 9.78 Å². The molecular formula is C8H13N3O3S. The summed E-state index contributed by atoms with van der Waals surface area (Å²) in [4.78, 5) is 15.2. The lowest BCUT2D eigenvalue weighted by molar-refractivity contribution is -0.158. The smallest absolute Gasteiger partial charge is 0.338 e. The van der Waals surface area contributed by atoms with Crippen molar-refractivity contribution in [2.45, 2.75) is 24.6 Å². The molecule has 0 bridgehead atoms. The van der Waals surface area contributed by atoms with Crippen LogP contribution in [0.25, 0.3) is 0 Å². The molecule has 0 fully saturated rings. The molecule has 84 valence electrons. The Morgan fingerprint density at radius 2 is 2.40 bits per heavy atom. The van der Waals surface area contributed by atoms with E-state index in [1.807, 2.05) is 0 Å². The Morgan fingerprint density at radius 3 is 2.87 bits per heavy atom. The number of H-pyrrole nitrogens is 1. The molecule has 0 aliphatic rings. The first-order chi connectivity index (χ1) is 6.95. The van der Waals surface area contributed by atoms with Crippen LogP contribution in [0.4, 0.5) is 0 Å². The summed E-state index contributed by atoms with van der Waals surface area (Å²) in [5, 5.41) is 16.7. The predicted molar refractivity (Wildman–Crippen MR) is 54.5 cm³/mol. The standard InChI is InChI=1S/C8H13N3O3S/c1-5-9-7(11-10-5)15-4-8(2,13)6(12)14-3/h13H,4H2,1-3H3,(H,9,10,11). The predicted octanol–water partition coefficient (Wildman–Crippen LogP) is 0.129. The van der Waals surface area contributed by atoms with E-state index in [1.54, 1.807) is 6.92 Å². The zero-order chi connectivity index (χ0) is 11.5. The summed E-state index contributed by atoms with van der Waals surface area (Å²) in [6.45, 7) is 3.17. The summed E-state index contributed by atoms with van der Waals surface area (Å²) in [6, 6.07) is 0. The number of aromatic amines is 1. The van der Waals surface area contributed by atoms with Crippen LogP contribution < -0.4 is 0 Å². The Bertz CT molecular complexity index is 351. The second kappa shape index (κ2) is 4.63. The zero-order valence-corrected chi connectivity index (χ0v) is 9.59. The van der Waals surface area contributed by atoms with Gasteiger partial charge in [-0.15, -0.1) is 5.10 Å². The highest BCUT2D eigenvalue weighted by molar-refractivity contribution is 7.99. The molecule has 6 nitrogen and oxygen atoms in total. The molecular weight excluding hydrogens is 218 g/mol. The number of aryl methyl sites for hydroxylation is 1. The molecule has 0 saturated carbocycles. The summed E-state index contributed by atoms with van der Waals surface area (Å²) in [6.07, 6.45) is 0. The van der Waals surface area contributed by atoms with Gasteiger partial charge in [0.1, 0.15) is 5.82 Å². The minimum atomic E-state index is -1.52. The molecule has 0 aliphatic carbocycles. The second-order valence-electron chi connectivity index (χ2n) is 3.26. The van der Waals surface area contributed by atoms with E-state index < -0.39 is 11.6 Å². The number of hydrogen-bond acceptors (Lipinski definition) is 6. The normalized spacial score (nSPS) is 14.7. The molecule has 15 heavy (non-hydrogen) atoms. The second-order valence-corrected chi connectivity index (χ2v) is 4.20. The number of hydrogen-bond donors (Lipinski definition) is 2. The molecule has 1 rings (SSSR count). The van der Waals surface area contributed by atoms with Gasteiger partial charge in [-0.2, -0.15) is 0 Å². The zero-order valence-electron chi connectivity index (χ0n) is 8.77. The Morgan fingerprint density at radius 1 is 1.73 bits per heavy atom. The van der Waals surface area contributed by atoms with Gasteiger partial charge in [0, 0.05) is 5.75 Å². The van der Waals surface area contributed by atoms with Gasteiger partial charge >= 0.3 is 5.97 Å². The van der Waals surface area contributed by atoms with Gasteiger partial charge in [-0.05, 0) is 13.8 Å². The van der Waals surface area contributed by atoms with Crippen molar-refractivity contribution in [2.75, 3.05) is 12.9 Å². The van der Waals surface area contributed by atoms with Gasteiger partial charge in [0.15, 0.2) is 5.60 Å². The van der Waals surface area contributed by atoms with Gasteiger partial charge in [-0.3, -0.25) is 5.10 Å². The van der Waals surface area contributed by atoms with Gasteiger partial charge in [-0.1, -0.05) is 11.8 Å². The number of methoxy groups -OCH3 is 1. The van der Waals surface area contributed by atoms with Gasteiger partial charge in [0.05, 0.1) is 7.11 Å². The number of esters is 1. The molecule has 0 aliphatic heterocycles. The van der Waals surface area contributed by atoms with Crippen LogP contribution in [-0.2, 0) is 9.53 Å². The van der Waals surface area contributed by atoms with E-state index >= 15 is 0 Å². The van der Waals surface area contributed by atoms with Crippen molar-refractivity contribution in [3.05, 3.63) is 5.82 Å². The van der Waals surface area contributed by atoms with Crippen LogP contribution in [0, 0.1) is 6.92 Å². The fourth-order valence-electron chi connectivity index (χ4n) is 0.871. The average molecular weight is 231 g/mol. The lowest BCUT2D eigenvalue weighted by Crippen LogP contribution is -2.38. The Hall–Kier alpha value is -1.08. The van der Waals surface area contributed by atoms with Crippen molar-refractivity contribution in [3.63, 3.8) is 0 Å². The summed E-state index contributed by atoms with van der Waals surface area (Å²) in [5.74, 6) is 0.175. The van der Waals surface area contributed by atoms with E-state index in [2.05, 4.69) is 19.9 Å². The fraction of sp³-hybridized carbons (Fsp3) is 0.625. The maximum Gasteiger partial charge on any atom is 0.338 e. The van der Waals surface area contributed by atoms with E-state index in [-0.39, 0.29) is 5.75 Å². The number of rotatable bonds is 4. The van der Waals surface area contributed by atoms with Crippen molar-refractivity contribution in [2.24, 2.45) is 0 Å². The summed E-state index contributed by atoms with van der Waals surface area (Å²) in [5.41, 5.74) is -1.52. The number of nitrogens with one attached hydrogen (secondary N) is 1. The molecule has 7 heteroatoms. The Labute approximate surface area is 91.4 Å². The molecule has 0 spiro atoms. The molecule has 0 radical (unpaired) electrons. The first kappa shape index (κ1) is 12.0. The van der Waals surface area contributed by atoms with Gasteiger partial charge in [0.25, 0.3) is 0 Å². The third-order valence-corrected chi connectivity index (χ3v) is 2.83. The largest absolute Gasteiger partial charge is 0.467 e. The maximum atomic E-state index is 11.1. The van der Waals surface area contributed by atoms with Crippen LogP contribution >= 0.6 is 11.8 Å². The first-order valence-electron chi connectivity index (χ1n) is 4.28. The number of thioether (sulfide) groups is 1. The van der Waals surface area contributed by atoms with Crippen LogP contribution in [0.1, 0.15) is 12.7 Å². The number of nitrogens with zero attached hydrogens (tertiary/aromatic N) is 2. The monoisotopic (exact) mass is 231 g/mol. The van der Waals surface area contributed by atoms with Gasteiger partial charge in [0.2, 0.25) is 5.16 Å². The minimum Gasteiger partial charge on any atom is -0.467 e. The topological polar surface area (TPSA) is 88.1 Å². The SMILES string of the molecule is COC(=O)C(C)(O)CSc1n[nH]c(C)n1. The van der Waals surface area contributed by atoms with Gasteiger partial charge < -0.3 is 9.84 Å². The number of ether oxygens (including phenoxy) is 1. The fourth-order valence-corrected chi connectivity index (χ4v) is 1.71. The van der Waals surface area contributed by atoms with E-state index in [4.69, 9.17) is 0 Å². The highest BCUT2D eigenvalue weighted by Crippen LogP contribution is 2.19. The lowest BCUT2D eigenvalue weighted by Gasteiger charge is -2.18. The molecule has 1 aromatic rings. The van der Waals surface area contributed by atoms with E-state index in [9.17, 15) is 9.90 Å². The summed E-state index contributed by atoms with van der Waals surface area (Å²) >= 11 is 1.19. The van der Waals surface area contributed by atoms with E-state index in [0.29, 0.717) is 11.0 Å². The minimum absolute atomic E-state index is 0.150. The van der Waals surface area contributed by atoms with Crippen molar-refractivity contribution < 1.29 is 14.6 Å². The first-order valence-corrected chi connectivity index (χ1v) is 5.27. The highest BCUT2D eigenvalue weighted by atomic mass is 32.2. The summed E-state index contributed by atoms with van der Waals surface area (Å²) < 4.78 is 4.46. The highest BCUT2D eigenvalue weighted by Gasteiger charge is 2.31. The van der Waals surface area contributed by atoms with Crippen LogP contribution in [0.15, 0.2) is 5.16 Å². The van der Waals surface area contributed by atoms with Crippen LogP contribution in [-0.4, -0.2) is 44.7 Å².